The molecular formula is C16H14N2O4S. The zero-order valence-electron chi connectivity index (χ0n) is 12.6. The Bertz CT molecular complexity index is 808. The number of nitrogens with zero attached hydrogens (tertiary/aromatic N) is 2. The molecule has 0 bridgehead atoms. The third-order valence-electron chi connectivity index (χ3n) is 3.19. The molecule has 118 valence electrons. The highest BCUT2D eigenvalue weighted by atomic mass is 32.1. The summed E-state index contributed by atoms with van der Waals surface area (Å²) in [6, 6.07) is 9.15. The van der Waals surface area contributed by atoms with E-state index in [-0.39, 0.29) is 18.5 Å². The van der Waals surface area contributed by atoms with Gasteiger partial charge in [-0.25, -0.2) is 4.79 Å². The number of rotatable bonds is 5. The van der Waals surface area contributed by atoms with Crippen LogP contribution in [0.15, 0.2) is 40.2 Å². The molecule has 0 aliphatic rings. The summed E-state index contributed by atoms with van der Waals surface area (Å²) in [5.74, 6) is 1.05. The summed E-state index contributed by atoms with van der Waals surface area (Å²) in [5, 5.41) is 5.73. The molecule has 3 aromatic rings. The van der Waals surface area contributed by atoms with Crippen molar-refractivity contribution in [1.82, 2.24) is 10.1 Å². The summed E-state index contributed by atoms with van der Waals surface area (Å²) < 4.78 is 15.4. The number of carbonyl (C=O) groups excluding carboxylic acids is 1. The lowest BCUT2D eigenvalue weighted by Crippen LogP contribution is -2.04. The normalized spacial score (nSPS) is 10.5. The Balaban J connectivity index is 1.65. The number of hydrogen-bond acceptors (Lipinski definition) is 7. The molecule has 0 atom stereocenters. The van der Waals surface area contributed by atoms with Crippen molar-refractivity contribution in [2.24, 2.45) is 0 Å². The van der Waals surface area contributed by atoms with Crippen LogP contribution in [0.4, 0.5) is 0 Å². The Morgan fingerprint density at radius 3 is 2.70 bits per heavy atom. The Kier molecular flexibility index (Phi) is 4.38. The maximum atomic E-state index is 11.9. The highest BCUT2D eigenvalue weighted by Gasteiger charge is 2.15. The van der Waals surface area contributed by atoms with Crippen LogP contribution in [0.1, 0.15) is 21.1 Å². The molecule has 2 aromatic heterocycles. The predicted octanol–water partition coefficient (Wildman–Crippen LogP) is 3.47. The summed E-state index contributed by atoms with van der Waals surface area (Å²) >= 11 is 1.35. The van der Waals surface area contributed by atoms with Gasteiger partial charge in [-0.3, -0.25) is 0 Å². The topological polar surface area (TPSA) is 74.5 Å². The first-order valence-electron chi connectivity index (χ1n) is 6.85. The molecule has 0 fully saturated rings. The van der Waals surface area contributed by atoms with Gasteiger partial charge in [0.2, 0.25) is 5.82 Å². The van der Waals surface area contributed by atoms with Gasteiger partial charge in [-0.05, 0) is 48.2 Å². The maximum Gasteiger partial charge on any atom is 0.349 e. The van der Waals surface area contributed by atoms with Gasteiger partial charge in [0.05, 0.1) is 7.11 Å². The van der Waals surface area contributed by atoms with Crippen LogP contribution < -0.4 is 4.74 Å². The highest BCUT2D eigenvalue weighted by molar-refractivity contribution is 7.12. The number of carbonyl (C=O) groups is 1. The van der Waals surface area contributed by atoms with Crippen molar-refractivity contribution in [3.63, 3.8) is 0 Å². The third kappa shape index (κ3) is 3.40. The summed E-state index contributed by atoms with van der Waals surface area (Å²) in [6.07, 6.45) is 0. The molecule has 0 saturated carbocycles. The maximum absolute atomic E-state index is 11.9. The molecule has 6 nitrogen and oxygen atoms in total. The highest BCUT2D eigenvalue weighted by Crippen LogP contribution is 2.20. The zero-order valence-corrected chi connectivity index (χ0v) is 13.4. The lowest BCUT2D eigenvalue weighted by Gasteiger charge is -2.00. The minimum absolute atomic E-state index is 0.0562. The molecule has 0 unspecified atom stereocenters. The number of aromatic nitrogens is 2. The number of esters is 1. The van der Waals surface area contributed by atoms with Crippen LogP contribution >= 0.6 is 11.3 Å². The average Bonchev–Trinajstić information content (AvgIpc) is 3.22. The fraction of sp³-hybridized carbons (Fsp3) is 0.188. The van der Waals surface area contributed by atoms with Crippen LogP contribution in [-0.4, -0.2) is 23.2 Å². The summed E-state index contributed by atoms with van der Waals surface area (Å²) in [7, 11) is 1.60. The number of methoxy groups -OCH3 is 1. The third-order valence-corrected chi connectivity index (χ3v) is 4.19. The van der Waals surface area contributed by atoms with Crippen LogP contribution in [0, 0.1) is 6.92 Å². The monoisotopic (exact) mass is 330 g/mol. The standard InChI is InChI=1S/C16H14N2O4S/c1-10-7-8-23-14(10)16(19)21-9-13-17-15(18-22-13)11-3-5-12(20-2)6-4-11/h3-8H,9H2,1-2H3. The average molecular weight is 330 g/mol. The molecule has 0 saturated heterocycles. The molecule has 1 aromatic carbocycles. The van der Waals surface area contributed by atoms with Crippen LogP contribution in [-0.2, 0) is 11.3 Å². The van der Waals surface area contributed by atoms with E-state index in [1.165, 1.54) is 11.3 Å². The first kappa shape index (κ1) is 15.2. The van der Waals surface area contributed by atoms with E-state index in [0.717, 1.165) is 16.9 Å². The molecule has 0 aliphatic carbocycles. The second-order valence-electron chi connectivity index (χ2n) is 4.75. The van der Waals surface area contributed by atoms with Crippen molar-refractivity contribution in [3.8, 4) is 17.1 Å². The lowest BCUT2D eigenvalue weighted by atomic mass is 10.2. The van der Waals surface area contributed by atoms with Gasteiger partial charge < -0.3 is 14.0 Å². The minimum atomic E-state index is -0.387. The molecule has 3 rings (SSSR count). The SMILES string of the molecule is COc1ccc(-c2noc(COC(=O)c3sccc3C)n2)cc1. The van der Waals surface area contributed by atoms with Crippen LogP contribution in [0.2, 0.25) is 0 Å². The van der Waals surface area contributed by atoms with Crippen molar-refractivity contribution in [2.45, 2.75) is 13.5 Å². The summed E-state index contributed by atoms with van der Waals surface area (Å²) in [6.45, 7) is 1.81. The number of hydrogen-bond donors (Lipinski definition) is 0. The van der Waals surface area contributed by atoms with Gasteiger partial charge in [-0.15, -0.1) is 11.3 Å². The molecule has 7 heteroatoms. The van der Waals surface area contributed by atoms with Gasteiger partial charge >= 0.3 is 5.97 Å². The summed E-state index contributed by atoms with van der Waals surface area (Å²) in [4.78, 5) is 16.7. The van der Waals surface area contributed by atoms with Crippen molar-refractivity contribution < 1.29 is 18.8 Å². The molecule has 0 spiro atoms. The quantitative estimate of drug-likeness (QED) is 0.667. The minimum Gasteiger partial charge on any atom is -0.497 e. The zero-order chi connectivity index (χ0) is 16.2. The van der Waals surface area contributed by atoms with Gasteiger partial charge in [0.25, 0.3) is 5.89 Å². The van der Waals surface area contributed by atoms with Crippen LogP contribution in [0.3, 0.4) is 0 Å². The van der Waals surface area contributed by atoms with E-state index in [2.05, 4.69) is 10.1 Å². The number of ether oxygens (including phenoxy) is 2. The molecule has 0 N–H and O–H groups in total. The van der Waals surface area contributed by atoms with E-state index in [4.69, 9.17) is 14.0 Å². The fourth-order valence-corrected chi connectivity index (χ4v) is 2.76. The Morgan fingerprint density at radius 2 is 2.04 bits per heavy atom. The van der Waals surface area contributed by atoms with Gasteiger partial charge in [0, 0.05) is 5.56 Å². The number of benzene rings is 1. The van der Waals surface area contributed by atoms with E-state index in [1.807, 2.05) is 42.6 Å². The molecule has 2 heterocycles. The second kappa shape index (κ2) is 6.62. The van der Waals surface area contributed by atoms with Crippen molar-refractivity contribution in [1.29, 1.82) is 0 Å². The van der Waals surface area contributed by atoms with E-state index in [9.17, 15) is 4.79 Å². The summed E-state index contributed by atoms with van der Waals surface area (Å²) in [5.41, 5.74) is 1.69. The van der Waals surface area contributed by atoms with Crippen LogP contribution in [0.25, 0.3) is 11.4 Å². The molecule has 0 amide bonds. The van der Waals surface area contributed by atoms with Gasteiger partial charge in [-0.2, -0.15) is 4.98 Å². The fourth-order valence-electron chi connectivity index (χ4n) is 1.95. The van der Waals surface area contributed by atoms with E-state index in [0.29, 0.717) is 10.7 Å². The van der Waals surface area contributed by atoms with Crippen molar-refractivity contribution in [2.75, 3.05) is 7.11 Å². The number of thiophene rings is 1. The Hall–Kier alpha value is -2.67. The van der Waals surface area contributed by atoms with Gasteiger partial charge in [0.1, 0.15) is 10.6 Å². The van der Waals surface area contributed by atoms with E-state index in [1.54, 1.807) is 7.11 Å². The van der Waals surface area contributed by atoms with E-state index >= 15 is 0 Å². The Labute approximate surface area is 136 Å². The first-order chi connectivity index (χ1) is 11.2. The van der Waals surface area contributed by atoms with Gasteiger partial charge in [-0.1, -0.05) is 5.16 Å². The smallest absolute Gasteiger partial charge is 0.349 e. The predicted molar refractivity (Wildman–Crippen MR) is 84.5 cm³/mol. The molecule has 23 heavy (non-hydrogen) atoms. The van der Waals surface area contributed by atoms with E-state index < -0.39 is 0 Å². The number of aryl methyl sites for hydroxylation is 1. The Morgan fingerprint density at radius 1 is 1.26 bits per heavy atom. The van der Waals surface area contributed by atoms with Crippen molar-refractivity contribution >= 4 is 17.3 Å². The largest absolute Gasteiger partial charge is 0.497 e. The molecule has 0 radical (unpaired) electrons. The molecule has 0 aliphatic heterocycles. The van der Waals surface area contributed by atoms with Crippen LogP contribution in [0.5, 0.6) is 5.75 Å². The first-order valence-corrected chi connectivity index (χ1v) is 7.73. The lowest BCUT2D eigenvalue weighted by molar-refractivity contribution is 0.0435. The van der Waals surface area contributed by atoms with Gasteiger partial charge in [0.15, 0.2) is 6.61 Å². The second-order valence-corrected chi connectivity index (χ2v) is 5.67. The van der Waals surface area contributed by atoms with Crippen molar-refractivity contribution in [3.05, 3.63) is 52.0 Å². The molecular weight excluding hydrogens is 316 g/mol.